The zero-order chi connectivity index (χ0) is 14.2. The van der Waals surface area contributed by atoms with E-state index in [1.807, 2.05) is 48.0 Å². The largest absolute Gasteiger partial charge is 0.326 e. The van der Waals surface area contributed by atoms with Crippen LogP contribution in [0.1, 0.15) is 18.2 Å². The molecule has 6 heteroatoms. The number of benzene rings is 1. The van der Waals surface area contributed by atoms with Gasteiger partial charge in [0.05, 0.1) is 23.2 Å². The smallest absolute Gasteiger partial charge is 0.207 e. The van der Waals surface area contributed by atoms with Crippen LogP contribution in [0.3, 0.4) is 0 Å². The van der Waals surface area contributed by atoms with Crippen LogP contribution in [-0.4, -0.2) is 29.5 Å². The summed E-state index contributed by atoms with van der Waals surface area (Å²) >= 11 is 0. The molecule has 1 aliphatic rings. The summed E-state index contributed by atoms with van der Waals surface area (Å²) in [5.41, 5.74) is 1.83. The Hall–Kier alpha value is -1.82. The fourth-order valence-electron chi connectivity index (χ4n) is 2.53. The first-order chi connectivity index (χ1) is 9.53. The predicted octanol–water partition coefficient (Wildman–Crippen LogP) is 2.29. The molecule has 0 bridgehead atoms. The Kier molecular flexibility index (Phi) is 3.25. The van der Waals surface area contributed by atoms with Crippen LogP contribution < -0.4 is 5.32 Å². The molecule has 1 saturated heterocycles. The molecule has 2 aromatic rings. The minimum Gasteiger partial charge on any atom is -0.326 e. The van der Waals surface area contributed by atoms with E-state index in [9.17, 15) is 8.42 Å². The van der Waals surface area contributed by atoms with E-state index in [1.165, 1.54) is 0 Å². The van der Waals surface area contributed by atoms with Crippen molar-refractivity contribution in [2.75, 3.05) is 16.8 Å². The van der Waals surface area contributed by atoms with Gasteiger partial charge >= 0.3 is 0 Å². The van der Waals surface area contributed by atoms with Crippen molar-refractivity contribution in [2.24, 2.45) is 0 Å². The number of sulfone groups is 1. The molecule has 5 nitrogen and oxygen atoms in total. The monoisotopic (exact) mass is 291 g/mol. The van der Waals surface area contributed by atoms with Crippen molar-refractivity contribution in [2.45, 2.75) is 19.4 Å². The maximum absolute atomic E-state index is 11.6. The number of aromatic nitrogens is 2. The molecule has 1 fully saturated rings. The molecule has 1 aliphatic heterocycles. The summed E-state index contributed by atoms with van der Waals surface area (Å²) in [5.74, 6) is 1.17. The molecule has 0 amide bonds. The van der Waals surface area contributed by atoms with Crippen LogP contribution in [0.15, 0.2) is 36.5 Å². The van der Waals surface area contributed by atoms with Gasteiger partial charge in [0.1, 0.15) is 0 Å². The topological polar surface area (TPSA) is 64.0 Å². The lowest BCUT2D eigenvalue weighted by atomic mass is 10.2. The van der Waals surface area contributed by atoms with Crippen molar-refractivity contribution in [1.82, 2.24) is 9.55 Å². The van der Waals surface area contributed by atoms with Crippen molar-refractivity contribution in [3.8, 4) is 0 Å². The normalized spacial score (nSPS) is 20.9. The van der Waals surface area contributed by atoms with Gasteiger partial charge in [0, 0.05) is 11.9 Å². The first-order valence-electron chi connectivity index (χ1n) is 6.61. The quantitative estimate of drug-likeness (QED) is 0.942. The number of nitrogens with zero attached hydrogens (tertiary/aromatic N) is 2. The summed E-state index contributed by atoms with van der Waals surface area (Å²) in [6.07, 6.45) is 2.57. The number of aryl methyl sites for hydroxylation is 1. The molecule has 106 valence electrons. The number of anilines is 2. The van der Waals surface area contributed by atoms with Gasteiger partial charge in [-0.2, -0.15) is 0 Å². The summed E-state index contributed by atoms with van der Waals surface area (Å²) in [6.45, 7) is 1.91. The third-order valence-electron chi connectivity index (χ3n) is 3.48. The van der Waals surface area contributed by atoms with Crippen molar-refractivity contribution in [1.29, 1.82) is 0 Å². The first-order valence-corrected chi connectivity index (χ1v) is 8.44. The van der Waals surface area contributed by atoms with Crippen LogP contribution in [0.5, 0.6) is 0 Å². The molecule has 1 aromatic carbocycles. The molecule has 1 unspecified atom stereocenters. The maximum Gasteiger partial charge on any atom is 0.207 e. The Morgan fingerprint density at radius 3 is 2.70 bits per heavy atom. The van der Waals surface area contributed by atoms with Gasteiger partial charge < -0.3 is 9.88 Å². The van der Waals surface area contributed by atoms with E-state index in [-0.39, 0.29) is 17.5 Å². The minimum atomic E-state index is -2.90. The fraction of sp³-hybridized carbons (Fsp3) is 0.357. The van der Waals surface area contributed by atoms with Crippen molar-refractivity contribution in [3.63, 3.8) is 0 Å². The molecule has 20 heavy (non-hydrogen) atoms. The molecule has 1 atom stereocenters. The summed E-state index contributed by atoms with van der Waals surface area (Å²) in [6, 6.07) is 9.74. The SMILES string of the molecule is Cc1cn(C2CCS(=O)(=O)C2)c(Nc2ccccc2)n1. The molecular weight excluding hydrogens is 274 g/mol. The second-order valence-electron chi connectivity index (χ2n) is 5.16. The highest BCUT2D eigenvalue weighted by Crippen LogP contribution is 2.28. The second kappa shape index (κ2) is 4.94. The molecule has 0 aliphatic carbocycles. The van der Waals surface area contributed by atoms with Crippen molar-refractivity contribution < 1.29 is 8.42 Å². The summed E-state index contributed by atoms with van der Waals surface area (Å²) < 4.78 is 25.2. The van der Waals surface area contributed by atoms with Crippen LogP contribution in [0, 0.1) is 6.92 Å². The zero-order valence-corrected chi connectivity index (χ0v) is 12.1. The number of imidazole rings is 1. The molecular formula is C14H17N3O2S. The number of rotatable bonds is 3. The van der Waals surface area contributed by atoms with Gasteiger partial charge in [-0.15, -0.1) is 0 Å². The van der Waals surface area contributed by atoms with Crippen LogP contribution in [0.2, 0.25) is 0 Å². The van der Waals surface area contributed by atoms with E-state index >= 15 is 0 Å². The summed E-state index contributed by atoms with van der Waals surface area (Å²) in [5, 5.41) is 3.25. The predicted molar refractivity (Wildman–Crippen MR) is 79.0 cm³/mol. The van der Waals surface area contributed by atoms with Gasteiger partial charge in [0.15, 0.2) is 9.84 Å². The Morgan fingerprint density at radius 2 is 2.05 bits per heavy atom. The van der Waals surface area contributed by atoms with Gasteiger partial charge in [-0.25, -0.2) is 13.4 Å². The lowest BCUT2D eigenvalue weighted by Gasteiger charge is -2.14. The van der Waals surface area contributed by atoms with Crippen molar-refractivity contribution in [3.05, 3.63) is 42.2 Å². The van der Waals surface area contributed by atoms with Crippen LogP contribution in [0.4, 0.5) is 11.6 Å². The van der Waals surface area contributed by atoms with E-state index in [1.54, 1.807) is 0 Å². The molecule has 2 heterocycles. The van der Waals surface area contributed by atoms with E-state index < -0.39 is 9.84 Å². The van der Waals surface area contributed by atoms with Gasteiger partial charge in [-0.3, -0.25) is 0 Å². The first kappa shape index (κ1) is 13.2. The number of hydrogen-bond acceptors (Lipinski definition) is 4. The van der Waals surface area contributed by atoms with Crippen LogP contribution >= 0.6 is 0 Å². The van der Waals surface area contributed by atoms with E-state index in [2.05, 4.69) is 10.3 Å². The molecule has 1 aromatic heterocycles. The summed E-state index contributed by atoms with van der Waals surface area (Å²) in [7, 11) is -2.90. The lowest BCUT2D eigenvalue weighted by molar-refractivity contribution is 0.561. The zero-order valence-electron chi connectivity index (χ0n) is 11.3. The maximum atomic E-state index is 11.6. The van der Waals surface area contributed by atoms with Crippen molar-refractivity contribution >= 4 is 21.5 Å². The Bertz CT molecular complexity index is 707. The molecule has 3 rings (SSSR count). The van der Waals surface area contributed by atoms with Gasteiger partial charge in [0.25, 0.3) is 0 Å². The van der Waals surface area contributed by atoms with Crippen LogP contribution in [-0.2, 0) is 9.84 Å². The number of hydrogen-bond donors (Lipinski definition) is 1. The molecule has 0 radical (unpaired) electrons. The lowest BCUT2D eigenvalue weighted by Crippen LogP contribution is -2.12. The van der Waals surface area contributed by atoms with Gasteiger partial charge in [-0.1, -0.05) is 18.2 Å². The van der Waals surface area contributed by atoms with E-state index in [4.69, 9.17) is 0 Å². The average molecular weight is 291 g/mol. The molecule has 0 spiro atoms. The van der Waals surface area contributed by atoms with E-state index in [0.29, 0.717) is 12.4 Å². The third kappa shape index (κ3) is 2.70. The minimum absolute atomic E-state index is 0.0209. The van der Waals surface area contributed by atoms with Gasteiger partial charge in [-0.05, 0) is 25.5 Å². The summed E-state index contributed by atoms with van der Waals surface area (Å²) in [4.78, 5) is 4.46. The standard InChI is InChI=1S/C14H17N3O2S/c1-11-9-17(13-7-8-20(18,19)10-13)14(15-11)16-12-5-3-2-4-6-12/h2-6,9,13H,7-8,10H2,1H3,(H,15,16). The fourth-order valence-corrected chi connectivity index (χ4v) is 4.24. The Labute approximate surface area is 118 Å². The second-order valence-corrected chi connectivity index (χ2v) is 7.39. The number of para-hydroxylation sites is 1. The number of nitrogens with one attached hydrogen (secondary N) is 1. The Balaban J connectivity index is 1.89. The highest BCUT2D eigenvalue weighted by molar-refractivity contribution is 7.91. The highest BCUT2D eigenvalue weighted by Gasteiger charge is 2.30. The average Bonchev–Trinajstić information content (AvgIpc) is 2.93. The van der Waals surface area contributed by atoms with Crippen LogP contribution in [0.25, 0.3) is 0 Å². The third-order valence-corrected chi connectivity index (χ3v) is 5.23. The Morgan fingerprint density at radius 1 is 1.30 bits per heavy atom. The highest BCUT2D eigenvalue weighted by atomic mass is 32.2. The van der Waals surface area contributed by atoms with Gasteiger partial charge in [0.2, 0.25) is 5.95 Å². The molecule has 0 saturated carbocycles. The van der Waals surface area contributed by atoms with E-state index in [0.717, 1.165) is 11.4 Å². The molecule has 1 N–H and O–H groups in total.